The standard InChI is InChI=1S/C24H23N5O2S2/c1-31-20-10-8-18(9-11-20)28(15-21-5-3-13-32-21)22(30)16-33-24-27-26-23(29(24)19-6-7-19)17-4-2-12-25-14-17/h2-5,8-14,19H,6-7,15-16H2,1H3. The molecule has 168 valence electrons. The smallest absolute Gasteiger partial charge is 0.237 e. The molecule has 0 atom stereocenters. The number of ether oxygens (including phenoxy) is 1. The van der Waals surface area contributed by atoms with Crippen LogP contribution in [0.3, 0.4) is 0 Å². The van der Waals surface area contributed by atoms with Crippen molar-refractivity contribution in [1.82, 2.24) is 19.7 Å². The minimum Gasteiger partial charge on any atom is -0.497 e. The van der Waals surface area contributed by atoms with E-state index in [4.69, 9.17) is 4.74 Å². The molecule has 3 aromatic heterocycles. The topological polar surface area (TPSA) is 73.1 Å². The van der Waals surface area contributed by atoms with E-state index in [1.54, 1.807) is 30.8 Å². The zero-order chi connectivity index (χ0) is 22.6. The highest BCUT2D eigenvalue weighted by molar-refractivity contribution is 7.99. The van der Waals surface area contributed by atoms with Gasteiger partial charge in [0.1, 0.15) is 5.75 Å². The Morgan fingerprint density at radius 2 is 2.03 bits per heavy atom. The number of aromatic nitrogens is 4. The molecule has 9 heteroatoms. The van der Waals surface area contributed by atoms with Gasteiger partial charge < -0.3 is 9.64 Å². The minimum atomic E-state index is 0.0202. The number of anilines is 1. The van der Waals surface area contributed by atoms with Gasteiger partial charge in [-0.25, -0.2) is 0 Å². The van der Waals surface area contributed by atoms with Crippen molar-refractivity contribution < 1.29 is 9.53 Å². The van der Waals surface area contributed by atoms with Gasteiger partial charge in [-0.1, -0.05) is 17.8 Å². The van der Waals surface area contributed by atoms with Gasteiger partial charge in [0.15, 0.2) is 11.0 Å². The molecule has 0 radical (unpaired) electrons. The summed E-state index contributed by atoms with van der Waals surface area (Å²) in [5.41, 5.74) is 1.78. The third-order valence-electron chi connectivity index (χ3n) is 5.40. The van der Waals surface area contributed by atoms with Crippen LogP contribution in [0.15, 0.2) is 71.5 Å². The van der Waals surface area contributed by atoms with E-state index < -0.39 is 0 Å². The van der Waals surface area contributed by atoms with E-state index in [1.165, 1.54) is 11.8 Å². The van der Waals surface area contributed by atoms with Crippen molar-refractivity contribution in [3.05, 3.63) is 71.2 Å². The lowest BCUT2D eigenvalue weighted by molar-refractivity contribution is -0.116. The number of carbonyl (C=O) groups excluding carboxylic acids is 1. The second-order valence-corrected chi connectivity index (χ2v) is 9.67. The van der Waals surface area contributed by atoms with Crippen LogP contribution < -0.4 is 9.64 Å². The van der Waals surface area contributed by atoms with Crippen LogP contribution in [0, 0.1) is 0 Å². The number of nitrogens with zero attached hydrogens (tertiary/aromatic N) is 5. The van der Waals surface area contributed by atoms with E-state index >= 15 is 0 Å². The number of benzene rings is 1. The summed E-state index contributed by atoms with van der Waals surface area (Å²) in [7, 11) is 1.63. The van der Waals surface area contributed by atoms with Crippen LogP contribution in [0.4, 0.5) is 5.69 Å². The summed E-state index contributed by atoms with van der Waals surface area (Å²) in [6.45, 7) is 0.527. The van der Waals surface area contributed by atoms with E-state index in [0.29, 0.717) is 12.6 Å². The summed E-state index contributed by atoms with van der Waals surface area (Å²) in [6.07, 6.45) is 5.75. The Balaban J connectivity index is 1.36. The Bertz CT molecular complexity index is 1210. The first kappa shape index (κ1) is 21.7. The Morgan fingerprint density at radius 1 is 1.18 bits per heavy atom. The molecule has 3 heterocycles. The van der Waals surface area contributed by atoms with E-state index in [1.807, 2.05) is 58.8 Å². The van der Waals surface area contributed by atoms with Gasteiger partial charge in [0.05, 0.1) is 19.4 Å². The highest BCUT2D eigenvalue weighted by Crippen LogP contribution is 2.41. The number of thioether (sulfide) groups is 1. The molecule has 0 unspecified atom stereocenters. The molecule has 33 heavy (non-hydrogen) atoms. The average molecular weight is 478 g/mol. The average Bonchev–Trinajstić information content (AvgIpc) is 3.39. The van der Waals surface area contributed by atoms with Gasteiger partial charge in [0.25, 0.3) is 0 Å². The molecule has 0 spiro atoms. The van der Waals surface area contributed by atoms with Gasteiger partial charge in [-0.05, 0) is 60.7 Å². The van der Waals surface area contributed by atoms with Gasteiger partial charge in [0, 0.05) is 34.6 Å². The third kappa shape index (κ3) is 4.94. The van der Waals surface area contributed by atoms with Crippen molar-refractivity contribution in [1.29, 1.82) is 0 Å². The molecule has 1 aliphatic carbocycles. The quantitative estimate of drug-likeness (QED) is 0.313. The van der Waals surface area contributed by atoms with Crippen molar-refractivity contribution in [3.8, 4) is 17.1 Å². The second kappa shape index (κ2) is 9.76. The Kier molecular flexibility index (Phi) is 6.41. The van der Waals surface area contributed by atoms with Gasteiger partial charge in [0.2, 0.25) is 5.91 Å². The van der Waals surface area contributed by atoms with Gasteiger partial charge in [-0.15, -0.1) is 21.5 Å². The van der Waals surface area contributed by atoms with E-state index in [9.17, 15) is 4.79 Å². The maximum Gasteiger partial charge on any atom is 0.237 e. The molecule has 0 saturated heterocycles. The minimum absolute atomic E-state index is 0.0202. The molecule has 1 saturated carbocycles. The summed E-state index contributed by atoms with van der Waals surface area (Å²) < 4.78 is 7.43. The normalized spacial score (nSPS) is 13.1. The van der Waals surface area contributed by atoms with E-state index in [-0.39, 0.29) is 11.7 Å². The molecule has 0 N–H and O–H groups in total. The fourth-order valence-corrected chi connectivity index (χ4v) is 5.15. The zero-order valence-electron chi connectivity index (χ0n) is 18.1. The van der Waals surface area contributed by atoms with Crippen LogP contribution in [0.25, 0.3) is 11.4 Å². The number of hydrogen-bond donors (Lipinski definition) is 0. The number of pyridine rings is 1. The van der Waals surface area contributed by atoms with Crippen molar-refractivity contribution in [2.45, 2.75) is 30.6 Å². The van der Waals surface area contributed by atoms with Crippen LogP contribution >= 0.6 is 23.1 Å². The van der Waals surface area contributed by atoms with Crippen LogP contribution in [-0.4, -0.2) is 38.5 Å². The molecule has 5 rings (SSSR count). The number of methoxy groups -OCH3 is 1. The summed E-state index contributed by atoms with van der Waals surface area (Å²) in [6, 6.07) is 15.9. The molecular formula is C24H23N5O2S2. The largest absolute Gasteiger partial charge is 0.497 e. The summed E-state index contributed by atoms with van der Waals surface area (Å²) in [4.78, 5) is 20.5. The van der Waals surface area contributed by atoms with Crippen LogP contribution in [-0.2, 0) is 11.3 Å². The van der Waals surface area contributed by atoms with Crippen molar-refractivity contribution in [2.75, 3.05) is 17.8 Å². The highest BCUT2D eigenvalue weighted by Gasteiger charge is 2.30. The highest BCUT2D eigenvalue weighted by atomic mass is 32.2. The number of hydrogen-bond acceptors (Lipinski definition) is 7. The maximum absolute atomic E-state index is 13.4. The second-order valence-electron chi connectivity index (χ2n) is 7.70. The van der Waals surface area contributed by atoms with Crippen molar-refractivity contribution in [2.24, 2.45) is 0 Å². The fraction of sp³-hybridized carbons (Fsp3) is 0.250. The molecule has 7 nitrogen and oxygen atoms in total. The molecule has 0 aliphatic heterocycles. The van der Waals surface area contributed by atoms with Gasteiger partial charge in [-0.3, -0.25) is 14.3 Å². The number of amides is 1. The zero-order valence-corrected chi connectivity index (χ0v) is 19.8. The lowest BCUT2D eigenvalue weighted by atomic mass is 10.2. The predicted octanol–water partition coefficient (Wildman–Crippen LogP) is 5.07. The molecular weight excluding hydrogens is 454 g/mol. The molecule has 1 amide bonds. The van der Waals surface area contributed by atoms with Crippen molar-refractivity contribution >= 4 is 34.7 Å². The maximum atomic E-state index is 13.4. The molecule has 1 fully saturated rings. The summed E-state index contributed by atoms with van der Waals surface area (Å²) in [5.74, 6) is 1.87. The van der Waals surface area contributed by atoms with E-state index in [2.05, 4.69) is 19.7 Å². The molecule has 1 aliphatic rings. The summed E-state index contributed by atoms with van der Waals surface area (Å²) >= 11 is 3.08. The molecule has 0 bridgehead atoms. The SMILES string of the molecule is COc1ccc(N(Cc2cccs2)C(=O)CSc2nnc(-c3cccnc3)n2C2CC2)cc1. The molecule has 4 aromatic rings. The number of thiophene rings is 1. The Hall–Kier alpha value is -3.17. The predicted molar refractivity (Wildman–Crippen MR) is 131 cm³/mol. The van der Waals surface area contributed by atoms with Gasteiger partial charge >= 0.3 is 0 Å². The van der Waals surface area contributed by atoms with Crippen LogP contribution in [0.1, 0.15) is 23.8 Å². The van der Waals surface area contributed by atoms with Crippen LogP contribution in [0.5, 0.6) is 5.75 Å². The lowest BCUT2D eigenvalue weighted by Crippen LogP contribution is -2.31. The number of carbonyl (C=O) groups is 1. The first-order valence-electron chi connectivity index (χ1n) is 10.7. The van der Waals surface area contributed by atoms with E-state index in [0.717, 1.165) is 45.7 Å². The number of rotatable bonds is 9. The monoisotopic (exact) mass is 477 g/mol. The van der Waals surface area contributed by atoms with Gasteiger partial charge in [-0.2, -0.15) is 0 Å². The Labute approximate surface area is 200 Å². The summed E-state index contributed by atoms with van der Waals surface area (Å²) in [5, 5.41) is 11.6. The third-order valence-corrected chi connectivity index (χ3v) is 7.19. The molecule has 1 aromatic carbocycles. The first-order chi connectivity index (χ1) is 16.2. The fourth-order valence-electron chi connectivity index (χ4n) is 3.58. The van der Waals surface area contributed by atoms with Crippen molar-refractivity contribution in [3.63, 3.8) is 0 Å². The first-order valence-corrected chi connectivity index (χ1v) is 12.5. The Morgan fingerprint density at radius 3 is 2.70 bits per heavy atom. The van der Waals surface area contributed by atoms with Crippen LogP contribution in [0.2, 0.25) is 0 Å². The lowest BCUT2D eigenvalue weighted by Gasteiger charge is -2.22.